The number of rotatable bonds is 6. The predicted molar refractivity (Wildman–Crippen MR) is 113 cm³/mol. The fourth-order valence-electron chi connectivity index (χ4n) is 2.27. The van der Waals surface area contributed by atoms with E-state index in [-0.39, 0.29) is 0 Å². The number of para-hydroxylation sites is 1. The number of hydrogen-bond donors (Lipinski definition) is 0. The van der Waals surface area contributed by atoms with E-state index in [4.69, 9.17) is 14.5 Å². The van der Waals surface area contributed by atoms with Crippen LogP contribution in [0.4, 0.5) is 5.69 Å². The monoisotopic (exact) mass is 375 g/mol. The maximum absolute atomic E-state index is 5.78. The van der Waals surface area contributed by atoms with E-state index in [1.165, 1.54) is 0 Å². The molecule has 0 spiro atoms. The zero-order valence-corrected chi connectivity index (χ0v) is 16.1. The Balaban J connectivity index is 1.87. The summed E-state index contributed by atoms with van der Waals surface area (Å²) in [4.78, 5) is 5.94. The van der Waals surface area contributed by atoms with E-state index in [9.17, 15) is 0 Å². The van der Waals surface area contributed by atoms with E-state index >= 15 is 0 Å². The van der Waals surface area contributed by atoms with E-state index in [1.54, 1.807) is 25.1 Å². The Labute approximate surface area is 164 Å². The lowest BCUT2D eigenvalue weighted by molar-refractivity contribution is 0.415. The van der Waals surface area contributed by atoms with Gasteiger partial charge in [0.1, 0.15) is 16.5 Å². The second-order valence-corrected chi connectivity index (χ2v) is 6.82. The molecule has 136 valence electrons. The minimum absolute atomic E-state index is 0.797. The van der Waals surface area contributed by atoms with Gasteiger partial charge in [0.05, 0.1) is 19.1 Å². The van der Waals surface area contributed by atoms with Gasteiger partial charge in [-0.15, -0.1) is 0 Å². The van der Waals surface area contributed by atoms with Crippen molar-refractivity contribution < 1.29 is 9.47 Å². The molecule has 0 heterocycles. The van der Waals surface area contributed by atoms with Gasteiger partial charge in [0.15, 0.2) is 0 Å². The standard InChI is InChI=1S/C23H21NO2S/c1-18(17-26-21-9-5-3-6-10-21)23(27-22-11-7-4-8-12-22)24-19-13-15-20(25-2)16-14-19/h3-17H,1-2H3/b18-17+,24-23+. The highest BCUT2D eigenvalue weighted by Gasteiger charge is 2.07. The third-order valence-electron chi connectivity index (χ3n) is 3.71. The Kier molecular flexibility index (Phi) is 6.72. The van der Waals surface area contributed by atoms with Crippen LogP contribution in [0.5, 0.6) is 11.5 Å². The molecule has 0 aliphatic carbocycles. The number of methoxy groups -OCH3 is 1. The van der Waals surface area contributed by atoms with Crippen molar-refractivity contribution in [2.24, 2.45) is 4.99 Å². The van der Waals surface area contributed by atoms with Crippen molar-refractivity contribution in [3.05, 3.63) is 96.8 Å². The molecule has 0 unspecified atom stereocenters. The number of hydrogen-bond acceptors (Lipinski definition) is 4. The van der Waals surface area contributed by atoms with Gasteiger partial charge in [0.25, 0.3) is 0 Å². The summed E-state index contributed by atoms with van der Waals surface area (Å²) in [7, 11) is 1.66. The molecule has 0 saturated carbocycles. The third-order valence-corrected chi connectivity index (χ3v) is 4.83. The van der Waals surface area contributed by atoms with Crippen LogP contribution in [0.3, 0.4) is 0 Å². The molecule has 0 amide bonds. The van der Waals surface area contributed by atoms with Gasteiger partial charge in [-0.1, -0.05) is 48.2 Å². The van der Waals surface area contributed by atoms with Crippen LogP contribution in [0.2, 0.25) is 0 Å². The molecule has 0 N–H and O–H groups in total. The van der Waals surface area contributed by atoms with Crippen molar-refractivity contribution in [2.75, 3.05) is 7.11 Å². The zero-order chi connectivity index (χ0) is 18.9. The normalized spacial score (nSPS) is 11.9. The van der Waals surface area contributed by atoms with Gasteiger partial charge in [-0.05, 0) is 55.5 Å². The second kappa shape index (κ2) is 9.64. The maximum atomic E-state index is 5.78. The SMILES string of the molecule is COc1ccc(/N=C(Sc2ccccc2)\C(C)=C\Oc2ccccc2)cc1. The molecule has 0 bridgehead atoms. The minimum Gasteiger partial charge on any atom is -0.497 e. The van der Waals surface area contributed by atoms with Gasteiger partial charge >= 0.3 is 0 Å². The van der Waals surface area contributed by atoms with Crippen LogP contribution in [0.15, 0.2) is 107 Å². The molecule has 3 aromatic rings. The van der Waals surface area contributed by atoms with E-state index in [1.807, 2.05) is 79.7 Å². The number of nitrogens with zero attached hydrogens (tertiary/aromatic N) is 1. The topological polar surface area (TPSA) is 30.8 Å². The Morgan fingerprint density at radius 1 is 0.815 bits per heavy atom. The van der Waals surface area contributed by atoms with E-state index in [2.05, 4.69) is 12.1 Å². The summed E-state index contributed by atoms with van der Waals surface area (Å²) in [6.07, 6.45) is 1.74. The molecule has 3 aromatic carbocycles. The first kappa shape index (κ1) is 18.8. The van der Waals surface area contributed by atoms with E-state index in [0.717, 1.165) is 32.7 Å². The van der Waals surface area contributed by atoms with Crippen molar-refractivity contribution in [3.63, 3.8) is 0 Å². The lowest BCUT2D eigenvalue weighted by atomic mass is 10.3. The highest BCUT2D eigenvalue weighted by atomic mass is 32.2. The fraction of sp³-hybridized carbons (Fsp3) is 0.0870. The zero-order valence-electron chi connectivity index (χ0n) is 15.3. The summed E-state index contributed by atoms with van der Waals surface area (Å²) in [5.41, 5.74) is 1.81. The van der Waals surface area contributed by atoms with Crippen LogP contribution < -0.4 is 9.47 Å². The molecule has 0 fully saturated rings. The lowest BCUT2D eigenvalue weighted by Crippen LogP contribution is -1.97. The molecule has 0 saturated heterocycles. The molecule has 27 heavy (non-hydrogen) atoms. The van der Waals surface area contributed by atoms with Gasteiger partial charge in [0, 0.05) is 10.5 Å². The van der Waals surface area contributed by atoms with Crippen LogP contribution in [-0.4, -0.2) is 12.2 Å². The Morgan fingerprint density at radius 2 is 1.44 bits per heavy atom. The Bertz CT molecular complexity index is 904. The second-order valence-electron chi connectivity index (χ2n) is 5.76. The quantitative estimate of drug-likeness (QED) is 0.213. The van der Waals surface area contributed by atoms with Crippen molar-refractivity contribution in [2.45, 2.75) is 11.8 Å². The number of aliphatic imine (C=N–C) groups is 1. The smallest absolute Gasteiger partial charge is 0.126 e. The number of thioether (sulfide) groups is 1. The van der Waals surface area contributed by atoms with Gasteiger partial charge < -0.3 is 9.47 Å². The Morgan fingerprint density at radius 3 is 2.07 bits per heavy atom. The number of benzene rings is 3. The van der Waals surface area contributed by atoms with E-state index in [0.29, 0.717) is 0 Å². The maximum Gasteiger partial charge on any atom is 0.126 e. The first-order valence-electron chi connectivity index (χ1n) is 8.59. The van der Waals surface area contributed by atoms with Crippen LogP contribution >= 0.6 is 11.8 Å². The molecule has 3 nitrogen and oxygen atoms in total. The van der Waals surface area contributed by atoms with Crippen LogP contribution in [0, 0.1) is 0 Å². The summed E-state index contributed by atoms with van der Waals surface area (Å²) < 4.78 is 11.0. The fourth-order valence-corrected chi connectivity index (χ4v) is 3.15. The van der Waals surface area contributed by atoms with Crippen molar-refractivity contribution in [1.29, 1.82) is 0 Å². The van der Waals surface area contributed by atoms with Gasteiger partial charge in [0.2, 0.25) is 0 Å². The first-order valence-corrected chi connectivity index (χ1v) is 9.41. The summed E-state index contributed by atoms with van der Waals surface area (Å²) in [5.74, 6) is 1.61. The van der Waals surface area contributed by atoms with Crippen molar-refractivity contribution >= 4 is 22.5 Å². The summed E-state index contributed by atoms with van der Waals surface area (Å²) in [6, 6.07) is 27.6. The van der Waals surface area contributed by atoms with Crippen LogP contribution in [0.1, 0.15) is 6.92 Å². The molecular formula is C23H21NO2S. The van der Waals surface area contributed by atoms with Crippen LogP contribution in [-0.2, 0) is 0 Å². The first-order chi connectivity index (χ1) is 13.2. The van der Waals surface area contributed by atoms with E-state index < -0.39 is 0 Å². The summed E-state index contributed by atoms with van der Waals surface area (Å²) in [6.45, 7) is 2.00. The molecule has 0 aliphatic heterocycles. The number of ether oxygens (including phenoxy) is 2. The minimum atomic E-state index is 0.797. The molecular weight excluding hydrogens is 354 g/mol. The molecule has 3 rings (SSSR count). The summed E-state index contributed by atoms with van der Waals surface area (Å²) in [5, 5.41) is 0.877. The van der Waals surface area contributed by atoms with Gasteiger partial charge in [-0.25, -0.2) is 4.99 Å². The highest BCUT2D eigenvalue weighted by molar-refractivity contribution is 8.14. The molecule has 0 aliphatic rings. The summed E-state index contributed by atoms with van der Waals surface area (Å²) >= 11 is 1.61. The van der Waals surface area contributed by atoms with Gasteiger partial charge in [-0.2, -0.15) is 0 Å². The Hall–Kier alpha value is -2.98. The molecule has 0 radical (unpaired) electrons. The van der Waals surface area contributed by atoms with Crippen molar-refractivity contribution in [1.82, 2.24) is 0 Å². The molecule has 0 atom stereocenters. The highest BCUT2D eigenvalue weighted by Crippen LogP contribution is 2.27. The molecule has 0 aromatic heterocycles. The average molecular weight is 375 g/mol. The third kappa shape index (κ3) is 5.76. The molecule has 4 heteroatoms. The average Bonchev–Trinajstić information content (AvgIpc) is 2.73. The van der Waals surface area contributed by atoms with Crippen LogP contribution in [0.25, 0.3) is 0 Å². The van der Waals surface area contributed by atoms with Crippen molar-refractivity contribution in [3.8, 4) is 11.5 Å². The van der Waals surface area contributed by atoms with Gasteiger partial charge in [-0.3, -0.25) is 0 Å². The largest absolute Gasteiger partial charge is 0.497 e. The predicted octanol–water partition coefficient (Wildman–Crippen LogP) is 6.50. The lowest BCUT2D eigenvalue weighted by Gasteiger charge is -2.08.